The average molecular weight is 219 g/mol. The molecule has 1 aromatic carbocycles. The lowest BCUT2D eigenvalue weighted by Gasteiger charge is -2.11. The monoisotopic (exact) mass is 219 g/mol. The van der Waals surface area contributed by atoms with Gasteiger partial charge in [-0.2, -0.15) is 0 Å². The third-order valence-corrected chi connectivity index (χ3v) is 2.16. The molecular weight excluding hydrogens is 207 g/mol. The van der Waals surface area contributed by atoms with Crippen molar-refractivity contribution in [1.82, 2.24) is 0 Å². The van der Waals surface area contributed by atoms with E-state index in [-0.39, 0.29) is 31.1 Å². The van der Waals surface area contributed by atoms with Crippen LogP contribution in [-0.2, 0) is 6.42 Å². The number of aliphatic hydroxyl groups is 1. The summed E-state index contributed by atoms with van der Waals surface area (Å²) in [5.41, 5.74) is 5.60. The van der Waals surface area contributed by atoms with Gasteiger partial charge < -0.3 is 10.8 Å². The van der Waals surface area contributed by atoms with Gasteiger partial charge in [0.1, 0.15) is 0 Å². The SMILES string of the molecule is NC[C@H](CO)Cc1cc(F)c(F)c(F)c1. The van der Waals surface area contributed by atoms with Gasteiger partial charge in [-0.05, 0) is 36.6 Å². The predicted octanol–water partition coefficient (Wildman–Crippen LogP) is 1.21. The Kier molecular flexibility index (Phi) is 4.11. The van der Waals surface area contributed by atoms with E-state index in [1.807, 2.05) is 0 Å². The third-order valence-electron chi connectivity index (χ3n) is 2.16. The second kappa shape index (κ2) is 5.14. The van der Waals surface area contributed by atoms with Crippen LogP contribution in [0.4, 0.5) is 13.2 Å². The van der Waals surface area contributed by atoms with Crippen molar-refractivity contribution in [2.45, 2.75) is 6.42 Å². The molecular formula is C10H12F3NO. The first kappa shape index (κ1) is 12.0. The van der Waals surface area contributed by atoms with Crippen molar-refractivity contribution in [3.05, 3.63) is 35.1 Å². The molecule has 1 aromatic rings. The summed E-state index contributed by atoms with van der Waals surface area (Å²) in [7, 11) is 0. The van der Waals surface area contributed by atoms with Gasteiger partial charge in [0.05, 0.1) is 0 Å². The second-order valence-electron chi connectivity index (χ2n) is 3.36. The Balaban J connectivity index is 2.87. The Morgan fingerprint density at radius 2 is 1.73 bits per heavy atom. The molecule has 0 aliphatic rings. The minimum Gasteiger partial charge on any atom is -0.396 e. The molecule has 0 radical (unpaired) electrons. The summed E-state index contributed by atoms with van der Waals surface area (Å²) in [6.45, 7) is 0.0359. The van der Waals surface area contributed by atoms with E-state index in [9.17, 15) is 13.2 Å². The van der Waals surface area contributed by atoms with Crippen molar-refractivity contribution >= 4 is 0 Å². The first-order chi connectivity index (χ1) is 7.08. The highest BCUT2D eigenvalue weighted by Crippen LogP contribution is 2.16. The van der Waals surface area contributed by atoms with E-state index in [1.54, 1.807) is 0 Å². The standard InChI is InChI=1S/C10H12F3NO/c11-8-2-6(1-7(4-14)5-15)3-9(12)10(8)13/h2-3,7,15H,1,4-5,14H2/t7-/m1/s1. The summed E-state index contributed by atoms with van der Waals surface area (Å²) in [6, 6.07) is 1.83. The Morgan fingerprint density at radius 3 is 2.13 bits per heavy atom. The van der Waals surface area contributed by atoms with E-state index >= 15 is 0 Å². The molecule has 0 saturated heterocycles. The third kappa shape index (κ3) is 2.94. The predicted molar refractivity (Wildman–Crippen MR) is 49.7 cm³/mol. The molecule has 0 heterocycles. The fraction of sp³-hybridized carbons (Fsp3) is 0.400. The van der Waals surface area contributed by atoms with Crippen molar-refractivity contribution in [2.24, 2.45) is 11.7 Å². The minimum atomic E-state index is -1.48. The molecule has 0 bridgehead atoms. The van der Waals surface area contributed by atoms with Crippen LogP contribution < -0.4 is 5.73 Å². The first-order valence-corrected chi connectivity index (χ1v) is 4.52. The lowest BCUT2D eigenvalue weighted by molar-refractivity contribution is 0.229. The van der Waals surface area contributed by atoms with Gasteiger partial charge in [-0.15, -0.1) is 0 Å². The Hall–Kier alpha value is -1.07. The summed E-state index contributed by atoms with van der Waals surface area (Å²) >= 11 is 0. The molecule has 84 valence electrons. The van der Waals surface area contributed by atoms with E-state index in [4.69, 9.17) is 10.8 Å². The Morgan fingerprint density at radius 1 is 1.20 bits per heavy atom. The number of benzene rings is 1. The van der Waals surface area contributed by atoms with E-state index in [0.29, 0.717) is 0 Å². The van der Waals surface area contributed by atoms with Gasteiger partial charge >= 0.3 is 0 Å². The van der Waals surface area contributed by atoms with E-state index in [1.165, 1.54) is 0 Å². The normalized spacial score (nSPS) is 12.9. The highest BCUT2D eigenvalue weighted by atomic mass is 19.2. The molecule has 1 atom stereocenters. The fourth-order valence-electron chi connectivity index (χ4n) is 1.28. The number of hydrogen-bond donors (Lipinski definition) is 2. The maximum Gasteiger partial charge on any atom is 0.194 e. The maximum atomic E-state index is 12.8. The van der Waals surface area contributed by atoms with Gasteiger partial charge in [-0.25, -0.2) is 13.2 Å². The highest BCUT2D eigenvalue weighted by molar-refractivity contribution is 5.20. The molecule has 0 fully saturated rings. The molecule has 3 N–H and O–H groups in total. The van der Waals surface area contributed by atoms with Gasteiger partial charge in [0.15, 0.2) is 17.5 Å². The number of nitrogens with two attached hydrogens (primary N) is 1. The molecule has 0 spiro atoms. The fourth-order valence-corrected chi connectivity index (χ4v) is 1.28. The van der Waals surface area contributed by atoms with Crippen molar-refractivity contribution in [3.63, 3.8) is 0 Å². The van der Waals surface area contributed by atoms with Crippen LogP contribution in [0.5, 0.6) is 0 Å². The summed E-state index contributed by atoms with van der Waals surface area (Å²) < 4.78 is 38.2. The lowest BCUT2D eigenvalue weighted by atomic mass is 10.00. The van der Waals surface area contributed by atoms with Crippen molar-refractivity contribution < 1.29 is 18.3 Å². The van der Waals surface area contributed by atoms with E-state index in [2.05, 4.69) is 0 Å². The minimum absolute atomic E-state index is 0.170. The van der Waals surface area contributed by atoms with Gasteiger partial charge in [-0.3, -0.25) is 0 Å². The summed E-state index contributed by atoms with van der Waals surface area (Å²) in [4.78, 5) is 0. The van der Waals surface area contributed by atoms with Crippen LogP contribution >= 0.6 is 0 Å². The molecule has 2 nitrogen and oxygen atoms in total. The number of halogens is 3. The van der Waals surface area contributed by atoms with Crippen molar-refractivity contribution in [2.75, 3.05) is 13.2 Å². The zero-order valence-electron chi connectivity index (χ0n) is 8.01. The molecule has 0 aliphatic heterocycles. The maximum absolute atomic E-state index is 12.8. The highest BCUT2D eigenvalue weighted by Gasteiger charge is 2.13. The smallest absolute Gasteiger partial charge is 0.194 e. The van der Waals surface area contributed by atoms with Crippen LogP contribution in [0.25, 0.3) is 0 Å². The molecule has 5 heteroatoms. The molecule has 0 aromatic heterocycles. The number of aliphatic hydroxyl groups excluding tert-OH is 1. The molecule has 0 aliphatic carbocycles. The Bertz CT molecular complexity index is 316. The second-order valence-corrected chi connectivity index (χ2v) is 3.36. The van der Waals surface area contributed by atoms with Crippen LogP contribution in [-0.4, -0.2) is 18.3 Å². The topological polar surface area (TPSA) is 46.2 Å². The molecule has 1 rings (SSSR count). The van der Waals surface area contributed by atoms with Crippen LogP contribution in [0.1, 0.15) is 5.56 Å². The zero-order chi connectivity index (χ0) is 11.4. The van der Waals surface area contributed by atoms with Crippen molar-refractivity contribution in [3.8, 4) is 0 Å². The van der Waals surface area contributed by atoms with Crippen LogP contribution in [0.3, 0.4) is 0 Å². The van der Waals surface area contributed by atoms with Gasteiger partial charge in [0.2, 0.25) is 0 Å². The molecule has 0 amide bonds. The molecule has 0 unspecified atom stereocenters. The first-order valence-electron chi connectivity index (χ1n) is 4.52. The molecule has 15 heavy (non-hydrogen) atoms. The summed E-state index contributed by atoms with van der Waals surface area (Å²) in [6.07, 6.45) is 0.223. The quantitative estimate of drug-likeness (QED) is 0.748. The Labute approximate surface area is 85.5 Å². The number of rotatable bonds is 4. The van der Waals surface area contributed by atoms with E-state index in [0.717, 1.165) is 12.1 Å². The summed E-state index contributed by atoms with van der Waals surface area (Å²) in [5.74, 6) is -4.20. The zero-order valence-corrected chi connectivity index (χ0v) is 8.01. The molecule has 0 saturated carbocycles. The van der Waals surface area contributed by atoms with Crippen LogP contribution in [0.2, 0.25) is 0 Å². The summed E-state index contributed by atoms with van der Waals surface area (Å²) in [5, 5.41) is 8.84. The number of hydrogen-bond acceptors (Lipinski definition) is 2. The largest absolute Gasteiger partial charge is 0.396 e. The van der Waals surface area contributed by atoms with Gasteiger partial charge in [-0.1, -0.05) is 0 Å². The van der Waals surface area contributed by atoms with Crippen LogP contribution in [0, 0.1) is 23.4 Å². The van der Waals surface area contributed by atoms with Crippen molar-refractivity contribution in [1.29, 1.82) is 0 Å². The van der Waals surface area contributed by atoms with Gasteiger partial charge in [0.25, 0.3) is 0 Å². The lowest BCUT2D eigenvalue weighted by Crippen LogP contribution is -2.20. The van der Waals surface area contributed by atoms with Crippen LogP contribution in [0.15, 0.2) is 12.1 Å². The van der Waals surface area contributed by atoms with E-state index < -0.39 is 17.5 Å². The van der Waals surface area contributed by atoms with Gasteiger partial charge in [0, 0.05) is 6.61 Å². The average Bonchev–Trinajstić information content (AvgIpc) is 2.22.